The molecule has 108 valence electrons. The summed E-state index contributed by atoms with van der Waals surface area (Å²) >= 11 is 0. The fraction of sp³-hybridized carbons (Fsp3) is 0.500. The van der Waals surface area contributed by atoms with Crippen molar-refractivity contribution in [2.75, 3.05) is 13.1 Å². The Hall–Kier alpha value is -1.84. The zero-order chi connectivity index (χ0) is 14.5. The summed E-state index contributed by atoms with van der Waals surface area (Å²) < 4.78 is 0. The zero-order valence-electron chi connectivity index (χ0n) is 12.2. The van der Waals surface area contributed by atoms with Crippen LogP contribution in [0.2, 0.25) is 0 Å². The average Bonchev–Trinajstić information content (AvgIpc) is 2.46. The molecule has 0 atom stereocenters. The molecule has 4 heteroatoms. The van der Waals surface area contributed by atoms with Crippen molar-refractivity contribution in [2.45, 2.75) is 33.2 Å². The molecular formula is C16H22N2O2. The van der Waals surface area contributed by atoms with Crippen LogP contribution in [-0.2, 0) is 16.1 Å². The highest BCUT2D eigenvalue weighted by Crippen LogP contribution is 2.15. The number of hydrogen-bond acceptors (Lipinski definition) is 2. The van der Waals surface area contributed by atoms with Crippen LogP contribution in [0.1, 0.15) is 30.9 Å². The summed E-state index contributed by atoms with van der Waals surface area (Å²) in [5.74, 6) is -0.251. The van der Waals surface area contributed by atoms with Crippen LogP contribution in [0.4, 0.5) is 0 Å². The molecule has 1 aromatic rings. The normalized spacial score (nSPS) is 16.0. The van der Waals surface area contributed by atoms with Crippen LogP contribution < -0.4 is 5.32 Å². The Balaban J connectivity index is 1.82. The number of piperidine rings is 1. The number of likely N-dealkylation sites (tertiary alicyclic amines) is 1. The van der Waals surface area contributed by atoms with Gasteiger partial charge in [0.15, 0.2) is 0 Å². The number of carbonyl (C=O) groups is 2. The molecule has 1 aromatic carbocycles. The maximum atomic E-state index is 12.0. The van der Waals surface area contributed by atoms with Crippen molar-refractivity contribution >= 4 is 11.8 Å². The molecule has 4 nitrogen and oxygen atoms in total. The number of nitrogens with one attached hydrogen (secondary N) is 1. The van der Waals surface area contributed by atoms with E-state index in [1.54, 1.807) is 4.90 Å². The van der Waals surface area contributed by atoms with Gasteiger partial charge >= 0.3 is 11.8 Å². The fourth-order valence-corrected chi connectivity index (χ4v) is 2.32. The summed E-state index contributed by atoms with van der Waals surface area (Å²) in [4.78, 5) is 25.5. The van der Waals surface area contributed by atoms with Gasteiger partial charge < -0.3 is 10.2 Å². The molecule has 0 spiro atoms. The standard InChI is InChI=1S/C16H22N2O2/c1-12-3-5-14(6-4-12)11-17-15(19)16(20)18-9-7-13(2)8-10-18/h3-6,13H,7-11H2,1-2H3,(H,17,19). The third kappa shape index (κ3) is 3.83. The Kier molecular flexibility index (Phi) is 4.77. The largest absolute Gasteiger partial charge is 0.344 e. The molecule has 1 saturated heterocycles. The van der Waals surface area contributed by atoms with Crippen LogP contribution in [0.3, 0.4) is 0 Å². The van der Waals surface area contributed by atoms with E-state index in [0.29, 0.717) is 25.6 Å². The van der Waals surface area contributed by atoms with E-state index in [1.165, 1.54) is 5.56 Å². The lowest BCUT2D eigenvalue weighted by molar-refractivity contribution is -0.146. The highest BCUT2D eigenvalue weighted by molar-refractivity contribution is 6.34. The van der Waals surface area contributed by atoms with Crippen molar-refractivity contribution in [3.05, 3.63) is 35.4 Å². The third-order valence-electron chi connectivity index (χ3n) is 3.84. The van der Waals surface area contributed by atoms with Gasteiger partial charge in [0.2, 0.25) is 0 Å². The van der Waals surface area contributed by atoms with Crippen molar-refractivity contribution in [3.63, 3.8) is 0 Å². The number of benzene rings is 1. The van der Waals surface area contributed by atoms with E-state index < -0.39 is 11.8 Å². The molecule has 20 heavy (non-hydrogen) atoms. The van der Waals surface area contributed by atoms with Gasteiger partial charge in [-0.05, 0) is 31.2 Å². The van der Waals surface area contributed by atoms with Crippen LogP contribution in [0.15, 0.2) is 24.3 Å². The molecule has 2 amide bonds. The molecule has 1 N–H and O–H groups in total. The third-order valence-corrected chi connectivity index (χ3v) is 3.84. The molecule has 0 aliphatic carbocycles. The maximum absolute atomic E-state index is 12.0. The predicted octanol–water partition coefficient (Wildman–Crippen LogP) is 1.87. The number of carbonyl (C=O) groups excluding carboxylic acids is 2. The van der Waals surface area contributed by atoms with Gasteiger partial charge in [-0.2, -0.15) is 0 Å². The number of hydrogen-bond donors (Lipinski definition) is 1. The fourth-order valence-electron chi connectivity index (χ4n) is 2.32. The maximum Gasteiger partial charge on any atom is 0.311 e. The average molecular weight is 274 g/mol. The van der Waals surface area contributed by atoms with Crippen molar-refractivity contribution in [1.82, 2.24) is 10.2 Å². The topological polar surface area (TPSA) is 49.4 Å². The Morgan fingerprint density at radius 1 is 1.20 bits per heavy atom. The minimum absolute atomic E-state index is 0.398. The van der Waals surface area contributed by atoms with Gasteiger partial charge in [-0.3, -0.25) is 9.59 Å². The molecule has 2 rings (SSSR count). The number of nitrogens with zero attached hydrogens (tertiary/aromatic N) is 1. The van der Waals surface area contributed by atoms with Gasteiger partial charge in [0, 0.05) is 19.6 Å². The Morgan fingerprint density at radius 2 is 1.80 bits per heavy atom. The molecular weight excluding hydrogens is 252 g/mol. The van der Waals surface area contributed by atoms with Crippen LogP contribution in [-0.4, -0.2) is 29.8 Å². The van der Waals surface area contributed by atoms with Gasteiger partial charge in [-0.25, -0.2) is 0 Å². The second kappa shape index (κ2) is 6.55. The second-order valence-corrected chi connectivity index (χ2v) is 5.64. The van der Waals surface area contributed by atoms with Crippen LogP contribution in [0, 0.1) is 12.8 Å². The number of amides is 2. The first kappa shape index (κ1) is 14.6. The smallest absolute Gasteiger partial charge is 0.311 e. The number of aryl methyl sites for hydroxylation is 1. The van der Waals surface area contributed by atoms with Gasteiger partial charge in [0.05, 0.1) is 0 Å². The van der Waals surface area contributed by atoms with Gasteiger partial charge in [-0.1, -0.05) is 36.8 Å². The van der Waals surface area contributed by atoms with E-state index in [9.17, 15) is 9.59 Å². The zero-order valence-corrected chi connectivity index (χ0v) is 12.2. The first-order valence-electron chi connectivity index (χ1n) is 7.19. The molecule has 0 unspecified atom stereocenters. The van der Waals surface area contributed by atoms with E-state index in [-0.39, 0.29) is 0 Å². The van der Waals surface area contributed by atoms with Crippen LogP contribution >= 0.6 is 0 Å². The van der Waals surface area contributed by atoms with E-state index in [1.807, 2.05) is 31.2 Å². The van der Waals surface area contributed by atoms with E-state index in [0.717, 1.165) is 18.4 Å². The molecule has 1 aliphatic rings. The summed E-state index contributed by atoms with van der Waals surface area (Å²) in [6.07, 6.45) is 1.97. The van der Waals surface area contributed by atoms with Crippen LogP contribution in [0.25, 0.3) is 0 Å². The quantitative estimate of drug-likeness (QED) is 0.837. The van der Waals surface area contributed by atoms with Crippen molar-refractivity contribution < 1.29 is 9.59 Å². The number of rotatable bonds is 2. The predicted molar refractivity (Wildman–Crippen MR) is 78.0 cm³/mol. The van der Waals surface area contributed by atoms with E-state index in [2.05, 4.69) is 12.2 Å². The summed E-state index contributed by atoms with van der Waals surface area (Å²) in [5, 5.41) is 2.70. The molecule has 1 aliphatic heterocycles. The molecule has 0 radical (unpaired) electrons. The minimum atomic E-state index is -0.500. The summed E-state index contributed by atoms with van der Waals surface area (Å²) in [6.45, 7) is 5.98. The van der Waals surface area contributed by atoms with E-state index in [4.69, 9.17) is 0 Å². The minimum Gasteiger partial charge on any atom is -0.344 e. The monoisotopic (exact) mass is 274 g/mol. The molecule has 0 saturated carbocycles. The molecule has 1 heterocycles. The van der Waals surface area contributed by atoms with Gasteiger partial charge in [0.1, 0.15) is 0 Å². The highest BCUT2D eigenvalue weighted by Gasteiger charge is 2.25. The first-order chi connectivity index (χ1) is 9.56. The Morgan fingerprint density at radius 3 is 2.40 bits per heavy atom. The Labute approximate surface area is 120 Å². The van der Waals surface area contributed by atoms with Gasteiger partial charge in [-0.15, -0.1) is 0 Å². The van der Waals surface area contributed by atoms with Gasteiger partial charge in [0.25, 0.3) is 0 Å². The van der Waals surface area contributed by atoms with E-state index >= 15 is 0 Å². The molecule has 0 aromatic heterocycles. The lowest BCUT2D eigenvalue weighted by Crippen LogP contribution is -2.46. The van der Waals surface area contributed by atoms with Crippen LogP contribution in [0.5, 0.6) is 0 Å². The highest BCUT2D eigenvalue weighted by atomic mass is 16.2. The Bertz CT molecular complexity index is 474. The summed E-state index contributed by atoms with van der Waals surface area (Å²) in [5.41, 5.74) is 2.18. The first-order valence-corrected chi connectivity index (χ1v) is 7.19. The van der Waals surface area contributed by atoms with Crippen molar-refractivity contribution in [2.24, 2.45) is 5.92 Å². The lowest BCUT2D eigenvalue weighted by Gasteiger charge is -2.29. The molecule has 1 fully saturated rings. The summed E-state index contributed by atoms with van der Waals surface area (Å²) in [6, 6.07) is 7.91. The SMILES string of the molecule is Cc1ccc(CNC(=O)C(=O)N2CCC(C)CC2)cc1. The molecule has 0 bridgehead atoms. The van der Waals surface area contributed by atoms with Crippen molar-refractivity contribution in [1.29, 1.82) is 0 Å². The lowest BCUT2D eigenvalue weighted by atomic mass is 9.99. The summed E-state index contributed by atoms with van der Waals surface area (Å²) in [7, 11) is 0. The second-order valence-electron chi connectivity index (χ2n) is 5.64. The van der Waals surface area contributed by atoms with Crippen molar-refractivity contribution in [3.8, 4) is 0 Å².